The molecular formula is C9H12. The number of hydrogen-bond acceptors (Lipinski definition) is 0. The lowest BCUT2D eigenvalue weighted by Gasteiger charge is -1.80. The Kier molecular flexibility index (Phi) is 11.8. The molecule has 0 N–H and O–H groups in total. The molecule has 0 aliphatic rings. The fourth-order valence-electron chi connectivity index (χ4n) is 0.254. The molecule has 0 bridgehead atoms. The van der Waals surface area contributed by atoms with Crippen molar-refractivity contribution < 1.29 is 0 Å². The van der Waals surface area contributed by atoms with Gasteiger partial charge in [-0.05, 0) is 6.92 Å². The fraction of sp³-hybridized carbons (Fsp3) is 0.111. The fourth-order valence-corrected chi connectivity index (χ4v) is 0.254. The van der Waals surface area contributed by atoms with E-state index in [2.05, 4.69) is 26.0 Å². The second-order valence-electron chi connectivity index (χ2n) is 1.35. The summed E-state index contributed by atoms with van der Waals surface area (Å²) in [5.41, 5.74) is 1.15. The first-order valence-corrected chi connectivity index (χ1v) is 2.56. The van der Waals surface area contributed by atoms with E-state index in [1.807, 2.05) is 13.0 Å². The molecule has 0 aliphatic carbocycles. The third-order valence-corrected chi connectivity index (χ3v) is 0.703. The molecule has 0 heterocycles. The van der Waals surface area contributed by atoms with Crippen LogP contribution < -0.4 is 0 Å². The van der Waals surface area contributed by atoms with Crippen LogP contribution in [0.5, 0.6) is 0 Å². The van der Waals surface area contributed by atoms with Crippen LogP contribution in [0.15, 0.2) is 37.0 Å². The van der Waals surface area contributed by atoms with Crippen LogP contribution in [0.25, 0.3) is 0 Å². The Morgan fingerprint density at radius 3 is 1.89 bits per heavy atom. The van der Waals surface area contributed by atoms with Gasteiger partial charge in [0.2, 0.25) is 0 Å². The van der Waals surface area contributed by atoms with E-state index < -0.39 is 0 Å². The lowest BCUT2D eigenvalue weighted by molar-refractivity contribution is 1.54. The van der Waals surface area contributed by atoms with E-state index in [1.54, 1.807) is 12.2 Å². The first kappa shape index (κ1) is 10.7. The van der Waals surface area contributed by atoms with Crippen LogP contribution in [-0.4, -0.2) is 0 Å². The van der Waals surface area contributed by atoms with Gasteiger partial charge in [-0.3, -0.25) is 0 Å². The van der Waals surface area contributed by atoms with Crippen molar-refractivity contribution in [2.45, 2.75) is 6.92 Å². The van der Waals surface area contributed by atoms with Gasteiger partial charge in [0.25, 0.3) is 0 Å². The predicted molar refractivity (Wildman–Crippen MR) is 44.0 cm³/mol. The third-order valence-electron chi connectivity index (χ3n) is 0.703. The SMILES string of the molecule is C#C.C=C/C=C(/C)C=C. The summed E-state index contributed by atoms with van der Waals surface area (Å²) in [5.74, 6) is 0. The second kappa shape index (κ2) is 9.91. The Labute approximate surface area is 57.6 Å². The summed E-state index contributed by atoms with van der Waals surface area (Å²) < 4.78 is 0. The van der Waals surface area contributed by atoms with Crippen LogP contribution in [0.4, 0.5) is 0 Å². The average molecular weight is 120 g/mol. The van der Waals surface area contributed by atoms with Crippen LogP contribution in [0.1, 0.15) is 6.92 Å². The Hall–Kier alpha value is -1.22. The summed E-state index contributed by atoms with van der Waals surface area (Å²) in [6.07, 6.45) is 13.5. The number of hydrogen-bond donors (Lipinski definition) is 0. The molecule has 0 unspecified atom stereocenters. The molecule has 0 saturated heterocycles. The van der Waals surface area contributed by atoms with Crippen molar-refractivity contribution in [3.63, 3.8) is 0 Å². The maximum Gasteiger partial charge on any atom is -0.0398 e. The monoisotopic (exact) mass is 120 g/mol. The van der Waals surface area contributed by atoms with Gasteiger partial charge >= 0.3 is 0 Å². The van der Waals surface area contributed by atoms with Gasteiger partial charge in [-0.2, -0.15) is 0 Å². The molecule has 0 heteroatoms. The van der Waals surface area contributed by atoms with Gasteiger partial charge in [-0.1, -0.05) is 37.0 Å². The van der Waals surface area contributed by atoms with E-state index in [1.165, 1.54) is 0 Å². The summed E-state index contributed by atoms with van der Waals surface area (Å²) >= 11 is 0. The van der Waals surface area contributed by atoms with Gasteiger partial charge in [0.05, 0.1) is 0 Å². The van der Waals surface area contributed by atoms with Gasteiger partial charge in [-0.25, -0.2) is 0 Å². The quantitative estimate of drug-likeness (QED) is 0.388. The summed E-state index contributed by atoms with van der Waals surface area (Å²) in [6.45, 7) is 9.07. The van der Waals surface area contributed by atoms with Gasteiger partial charge in [0, 0.05) is 0 Å². The predicted octanol–water partition coefficient (Wildman–Crippen LogP) is 2.55. The largest absolute Gasteiger partial charge is 0.124 e. The van der Waals surface area contributed by atoms with Crippen LogP contribution >= 0.6 is 0 Å². The average Bonchev–Trinajstić information content (AvgIpc) is 1.93. The molecule has 0 nitrogen and oxygen atoms in total. The highest BCUT2D eigenvalue weighted by Crippen LogP contribution is 1.90. The summed E-state index contributed by atoms with van der Waals surface area (Å²) in [5, 5.41) is 0. The minimum absolute atomic E-state index is 1.15. The lowest BCUT2D eigenvalue weighted by Crippen LogP contribution is -1.58. The zero-order chi connectivity index (χ0) is 7.70. The third kappa shape index (κ3) is 10.8. The molecule has 0 radical (unpaired) electrons. The second-order valence-corrected chi connectivity index (χ2v) is 1.35. The van der Waals surface area contributed by atoms with Crippen molar-refractivity contribution in [1.29, 1.82) is 0 Å². The van der Waals surface area contributed by atoms with Crippen LogP contribution in [0.2, 0.25) is 0 Å². The van der Waals surface area contributed by atoms with Crippen molar-refractivity contribution in [3.05, 3.63) is 37.0 Å². The van der Waals surface area contributed by atoms with Gasteiger partial charge < -0.3 is 0 Å². The molecule has 0 atom stereocenters. The molecular weight excluding hydrogens is 108 g/mol. The Morgan fingerprint density at radius 1 is 1.33 bits per heavy atom. The molecule has 0 aromatic heterocycles. The van der Waals surface area contributed by atoms with Crippen molar-refractivity contribution in [3.8, 4) is 12.8 Å². The van der Waals surface area contributed by atoms with E-state index in [-0.39, 0.29) is 0 Å². The zero-order valence-corrected chi connectivity index (χ0v) is 5.80. The maximum absolute atomic E-state index is 4.00. The van der Waals surface area contributed by atoms with Crippen LogP contribution in [0.3, 0.4) is 0 Å². The molecule has 0 fully saturated rings. The van der Waals surface area contributed by atoms with E-state index in [4.69, 9.17) is 0 Å². The molecule has 0 rings (SSSR count). The Balaban J connectivity index is 0. The molecule has 9 heavy (non-hydrogen) atoms. The molecule has 0 aromatic carbocycles. The van der Waals surface area contributed by atoms with Crippen molar-refractivity contribution in [1.82, 2.24) is 0 Å². The topological polar surface area (TPSA) is 0 Å². The smallest absolute Gasteiger partial charge is 0.0398 e. The van der Waals surface area contributed by atoms with E-state index in [9.17, 15) is 0 Å². The van der Waals surface area contributed by atoms with Crippen molar-refractivity contribution in [2.24, 2.45) is 0 Å². The first-order chi connectivity index (χ1) is 4.31. The highest BCUT2D eigenvalue weighted by Gasteiger charge is 1.68. The normalized spacial score (nSPS) is 8.56. The van der Waals surface area contributed by atoms with Crippen LogP contribution in [-0.2, 0) is 0 Å². The summed E-state index contributed by atoms with van der Waals surface area (Å²) in [6, 6.07) is 0. The van der Waals surface area contributed by atoms with E-state index in [0.29, 0.717) is 0 Å². The Bertz CT molecular complexity index is 124. The van der Waals surface area contributed by atoms with Gasteiger partial charge in [0.1, 0.15) is 0 Å². The lowest BCUT2D eigenvalue weighted by atomic mass is 10.3. The molecule has 0 aliphatic heterocycles. The highest BCUT2D eigenvalue weighted by atomic mass is 13.8. The summed E-state index contributed by atoms with van der Waals surface area (Å²) in [7, 11) is 0. The van der Waals surface area contributed by atoms with E-state index in [0.717, 1.165) is 5.57 Å². The highest BCUT2D eigenvalue weighted by molar-refractivity contribution is 5.17. The van der Waals surface area contributed by atoms with Gasteiger partial charge in [0.15, 0.2) is 0 Å². The van der Waals surface area contributed by atoms with Gasteiger partial charge in [-0.15, -0.1) is 12.8 Å². The van der Waals surface area contributed by atoms with Crippen LogP contribution in [0, 0.1) is 12.8 Å². The number of terminal acetylenes is 1. The molecule has 0 spiro atoms. The standard InChI is InChI=1S/C7H10.C2H2/c1-4-6-7(3)5-2;1-2/h4-6H,1-2H2,3H3;1-2H/b7-6-;. The maximum atomic E-state index is 4.00. The van der Waals surface area contributed by atoms with Crippen molar-refractivity contribution >= 4 is 0 Å². The molecule has 0 saturated carbocycles. The minimum Gasteiger partial charge on any atom is -0.124 e. The zero-order valence-electron chi connectivity index (χ0n) is 5.80. The Morgan fingerprint density at radius 2 is 1.78 bits per heavy atom. The molecule has 0 aromatic rings. The van der Waals surface area contributed by atoms with Crippen molar-refractivity contribution in [2.75, 3.05) is 0 Å². The molecule has 48 valence electrons. The number of allylic oxidation sites excluding steroid dienone is 4. The minimum atomic E-state index is 1.15. The molecule has 0 amide bonds. The first-order valence-electron chi connectivity index (χ1n) is 2.56. The number of rotatable bonds is 2. The summed E-state index contributed by atoms with van der Waals surface area (Å²) in [4.78, 5) is 0. The van der Waals surface area contributed by atoms with E-state index >= 15 is 0 Å².